The predicted octanol–water partition coefficient (Wildman–Crippen LogP) is 1.71. The summed E-state index contributed by atoms with van der Waals surface area (Å²) >= 11 is 6.44. The Morgan fingerprint density at radius 1 is 1.40 bits per heavy atom. The molecule has 0 bridgehead atoms. The van der Waals surface area contributed by atoms with Gasteiger partial charge in [-0.3, -0.25) is 0 Å². The lowest BCUT2D eigenvalue weighted by molar-refractivity contribution is 0.0311. The molecule has 0 aromatic heterocycles. The Morgan fingerprint density at radius 3 is 2.55 bits per heavy atom. The summed E-state index contributed by atoms with van der Waals surface area (Å²) in [6, 6.07) is 4.98. The zero-order valence-electron chi connectivity index (χ0n) is 10.2. The van der Waals surface area contributed by atoms with Crippen LogP contribution in [-0.4, -0.2) is 38.5 Å². The highest BCUT2D eigenvalue weighted by Gasteiger charge is 2.33. The molecule has 1 fully saturated rings. The number of ether oxygens (including phenoxy) is 1. The van der Waals surface area contributed by atoms with Gasteiger partial charge < -0.3 is 10.5 Å². The van der Waals surface area contributed by atoms with Gasteiger partial charge in [0.25, 0.3) is 0 Å². The highest BCUT2D eigenvalue weighted by molar-refractivity contribution is 9.11. The van der Waals surface area contributed by atoms with Gasteiger partial charge >= 0.3 is 0 Å². The van der Waals surface area contributed by atoms with Crippen molar-refractivity contribution in [3.8, 4) is 6.07 Å². The van der Waals surface area contributed by atoms with Crippen molar-refractivity contribution in [2.75, 3.05) is 25.4 Å². The summed E-state index contributed by atoms with van der Waals surface area (Å²) in [5, 5.41) is 8.86. The lowest BCUT2D eigenvalue weighted by Gasteiger charge is -2.29. The van der Waals surface area contributed by atoms with Crippen LogP contribution in [0, 0.1) is 11.3 Å². The average Bonchev–Trinajstić information content (AvgIpc) is 2.37. The smallest absolute Gasteiger partial charge is 0.245 e. The van der Waals surface area contributed by atoms with Crippen molar-refractivity contribution in [3.05, 3.63) is 21.1 Å². The van der Waals surface area contributed by atoms with Crippen LogP contribution in [0.2, 0.25) is 0 Å². The SMILES string of the molecule is N#CC1CN(S(=O)(=O)c2c(Br)cc(N)cc2Br)CCO1. The van der Waals surface area contributed by atoms with Gasteiger partial charge in [-0.1, -0.05) is 0 Å². The highest BCUT2D eigenvalue weighted by atomic mass is 79.9. The van der Waals surface area contributed by atoms with E-state index in [-0.39, 0.29) is 24.6 Å². The quantitative estimate of drug-likeness (QED) is 0.729. The van der Waals surface area contributed by atoms with Crippen LogP contribution in [0.5, 0.6) is 0 Å². The number of anilines is 1. The van der Waals surface area contributed by atoms with Crippen LogP contribution in [0.3, 0.4) is 0 Å². The second-order valence-electron chi connectivity index (χ2n) is 4.17. The van der Waals surface area contributed by atoms with E-state index in [9.17, 15) is 8.42 Å². The van der Waals surface area contributed by atoms with Crippen LogP contribution >= 0.6 is 31.9 Å². The molecule has 6 nitrogen and oxygen atoms in total. The maximum Gasteiger partial charge on any atom is 0.245 e. The number of rotatable bonds is 2. The largest absolute Gasteiger partial charge is 0.399 e. The van der Waals surface area contributed by atoms with Crippen LogP contribution in [0.15, 0.2) is 26.0 Å². The van der Waals surface area contributed by atoms with Gasteiger partial charge in [-0.15, -0.1) is 0 Å². The summed E-state index contributed by atoms with van der Waals surface area (Å²) in [6.07, 6.45) is -0.746. The summed E-state index contributed by atoms with van der Waals surface area (Å²) < 4.78 is 32.5. The van der Waals surface area contributed by atoms with Crippen LogP contribution in [0.1, 0.15) is 0 Å². The van der Waals surface area contributed by atoms with E-state index in [0.717, 1.165) is 0 Å². The molecular weight excluding hydrogens is 414 g/mol. The Morgan fingerprint density at radius 2 is 2.00 bits per heavy atom. The monoisotopic (exact) mass is 423 g/mol. The van der Waals surface area contributed by atoms with Crippen molar-refractivity contribution in [1.29, 1.82) is 5.26 Å². The Bertz CT molecular complexity index is 649. The van der Waals surface area contributed by atoms with E-state index in [1.807, 2.05) is 6.07 Å². The number of hydrogen-bond acceptors (Lipinski definition) is 5. The predicted molar refractivity (Wildman–Crippen MR) is 80.4 cm³/mol. The summed E-state index contributed by atoms with van der Waals surface area (Å²) in [4.78, 5) is 0.102. The zero-order valence-corrected chi connectivity index (χ0v) is 14.2. The van der Waals surface area contributed by atoms with E-state index in [0.29, 0.717) is 14.6 Å². The van der Waals surface area contributed by atoms with Gasteiger partial charge in [0.05, 0.1) is 19.2 Å². The molecule has 2 rings (SSSR count). The number of nitrogens with two attached hydrogens (primary N) is 1. The van der Waals surface area contributed by atoms with Gasteiger partial charge in [0.1, 0.15) is 4.90 Å². The van der Waals surface area contributed by atoms with Gasteiger partial charge in [0.15, 0.2) is 6.10 Å². The number of morpholine rings is 1. The van der Waals surface area contributed by atoms with Crippen molar-refractivity contribution >= 4 is 47.6 Å². The van der Waals surface area contributed by atoms with Crippen LogP contribution < -0.4 is 5.73 Å². The normalized spacial score (nSPS) is 20.6. The van der Waals surface area contributed by atoms with E-state index >= 15 is 0 Å². The van der Waals surface area contributed by atoms with E-state index in [1.54, 1.807) is 0 Å². The minimum absolute atomic E-state index is 0.0160. The van der Waals surface area contributed by atoms with Crippen molar-refractivity contribution in [2.24, 2.45) is 0 Å². The lowest BCUT2D eigenvalue weighted by atomic mass is 10.3. The molecule has 0 aliphatic carbocycles. The summed E-state index contributed by atoms with van der Waals surface area (Å²) in [5.74, 6) is 0. The molecule has 1 saturated heterocycles. The molecule has 0 amide bonds. The molecule has 0 radical (unpaired) electrons. The fourth-order valence-electron chi connectivity index (χ4n) is 1.88. The first kappa shape index (κ1) is 15.7. The Labute approximate surface area is 133 Å². The van der Waals surface area contributed by atoms with E-state index in [2.05, 4.69) is 31.9 Å². The molecule has 2 N–H and O–H groups in total. The summed E-state index contributed by atoms with van der Waals surface area (Å²) in [5.41, 5.74) is 6.11. The molecule has 1 aromatic rings. The van der Waals surface area contributed by atoms with Crippen LogP contribution in [0.4, 0.5) is 5.69 Å². The van der Waals surface area contributed by atoms with Crippen LogP contribution in [0.25, 0.3) is 0 Å². The molecular formula is C11H11Br2N3O3S. The summed E-state index contributed by atoms with van der Waals surface area (Å²) in [7, 11) is -3.73. The number of nitrogens with zero attached hydrogens (tertiary/aromatic N) is 2. The van der Waals surface area contributed by atoms with Crippen molar-refractivity contribution in [1.82, 2.24) is 4.31 Å². The second-order valence-corrected chi connectivity index (χ2v) is 7.75. The second kappa shape index (κ2) is 5.99. The number of sulfonamides is 1. The first-order valence-electron chi connectivity index (χ1n) is 5.62. The molecule has 20 heavy (non-hydrogen) atoms. The third-order valence-electron chi connectivity index (χ3n) is 2.79. The maximum absolute atomic E-state index is 12.7. The van der Waals surface area contributed by atoms with Crippen molar-refractivity contribution < 1.29 is 13.2 Å². The first-order chi connectivity index (χ1) is 9.36. The van der Waals surface area contributed by atoms with E-state index in [4.69, 9.17) is 15.7 Å². The third-order valence-corrected chi connectivity index (χ3v) is 6.53. The zero-order chi connectivity index (χ0) is 14.9. The van der Waals surface area contributed by atoms with Gasteiger partial charge in [0.2, 0.25) is 10.0 Å². The van der Waals surface area contributed by atoms with Gasteiger partial charge in [-0.05, 0) is 44.0 Å². The minimum Gasteiger partial charge on any atom is -0.399 e. The molecule has 1 unspecified atom stereocenters. The average molecular weight is 425 g/mol. The van der Waals surface area contributed by atoms with Crippen molar-refractivity contribution in [2.45, 2.75) is 11.0 Å². The number of nitriles is 1. The number of halogens is 2. The molecule has 1 aliphatic heterocycles. The molecule has 0 spiro atoms. The van der Waals surface area contributed by atoms with Gasteiger partial charge in [-0.2, -0.15) is 9.57 Å². The first-order valence-corrected chi connectivity index (χ1v) is 8.64. The molecule has 1 heterocycles. The van der Waals surface area contributed by atoms with E-state index in [1.165, 1.54) is 16.4 Å². The molecule has 0 saturated carbocycles. The highest BCUT2D eigenvalue weighted by Crippen LogP contribution is 2.34. The molecule has 9 heteroatoms. The molecule has 1 atom stereocenters. The number of nitrogen functional groups attached to an aromatic ring is 1. The fraction of sp³-hybridized carbons (Fsp3) is 0.364. The topological polar surface area (TPSA) is 96.4 Å². The fourth-order valence-corrected chi connectivity index (χ4v) is 5.84. The Kier molecular flexibility index (Phi) is 4.71. The molecule has 1 aliphatic rings. The van der Waals surface area contributed by atoms with Crippen LogP contribution in [-0.2, 0) is 14.8 Å². The Balaban J connectivity index is 2.43. The Hall–Kier alpha value is -0.660. The third kappa shape index (κ3) is 2.99. The number of hydrogen-bond donors (Lipinski definition) is 1. The van der Waals surface area contributed by atoms with Crippen molar-refractivity contribution in [3.63, 3.8) is 0 Å². The van der Waals surface area contributed by atoms with Gasteiger partial charge in [-0.25, -0.2) is 8.42 Å². The minimum atomic E-state index is -3.73. The molecule has 108 valence electrons. The molecule has 1 aromatic carbocycles. The standard InChI is InChI=1S/C11H11Br2N3O3S/c12-9-3-7(15)4-10(13)11(9)20(17,18)16-1-2-19-8(5-14)6-16/h3-4,8H,1-2,6,15H2. The summed E-state index contributed by atoms with van der Waals surface area (Å²) in [6.45, 7) is 0.424. The van der Waals surface area contributed by atoms with Gasteiger partial charge in [0, 0.05) is 21.2 Å². The lowest BCUT2D eigenvalue weighted by Crippen LogP contribution is -2.45. The number of benzene rings is 1. The van der Waals surface area contributed by atoms with E-state index < -0.39 is 16.1 Å². The maximum atomic E-state index is 12.7.